The molecule has 0 spiro atoms. The fourth-order valence-corrected chi connectivity index (χ4v) is 0. The van der Waals surface area contributed by atoms with Crippen LogP contribution in [0.25, 0.3) is 0 Å². The molecule has 11 heavy (non-hydrogen) atoms. The third-order valence-electron chi connectivity index (χ3n) is 0. The Morgan fingerprint density at radius 3 is 0.636 bits per heavy atom. The molecule has 0 aliphatic rings. The van der Waals surface area contributed by atoms with Gasteiger partial charge in [0.05, 0.1) is 0 Å². The maximum absolute atomic E-state index is 8.59. The molecule has 0 N–H and O–H groups in total. The molecule has 0 saturated heterocycles. The van der Waals surface area contributed by atoms with Gasteiger partial charge in [-0.1, -0.05) is 0 Å². The minimum atomic E-state index is -5.75. The molecule has 67 valence electrons. The first-order chi connectivity index (χ1) is 4.00. The Morgan fingerprint density at radius 2 is 0.636 bits per heavy atom. The number of hydrogen-bond acceptors (Lipinski definition) is 8. The molecule has 1 radical (unpaired) electrons. The van der Waals surface area contributed by atoms with E-state index in [1.54, 1.807) is 0 Å². The fraction of sp³-hybridized carbons (Fsp3) is 0. The molecule has 0 aromatic rings. The molecule has 0 aliphatic carbocycles. The summed E-state index contributed by atoms with van der Waals surface area (Å²) in [6.07, 6.45) is 0. The molecular weight excluding hydrogens is 418 g/mol. The minimum Gasteiger partial charge on any atom is 4.00 e. The van der Waals surface area contributed by atoms with Gasteiger partial charge in [-0.15, -0.1) is 0 Å². The molecule has 0 atom stereocenters. The third-order valence-corrected chi connectivity index (χ3v) is 0. The average Bonchev–Trinajstić information content (AvgIpc) is 1.12. The van der Waals surface area contributed by atoms with E-state index in [0.717, 1.165) is 0 Å². The van der Waals surface area contributed by atoms with E-state index in [1.807, 2.05) is 0 Å². The third kappa shape index (κ3) is 1410. The molecule has 0 saturated carbocycles. The van der Waals surface area contributed by atoms with E-state index in [4.69, 9.17) is 31.8 Å². The Morgan fingerprint density at radius 1 is 0.636 bits per heavy atom. The van der Waals surface area contributed by atoms with Crippen molar-refractivity contribution in [3.8, 4) is 0 Å². The fourth-order valence-electron chi connectivity index (χ4n) is 0. The Bertz CT molecular complexity index is 208. The quantitative estimate of drug-likeness (QED) is 0.377. The van der Waals surface area contributed by atoms with Gasteiger partial charge in [0.15, 0.2) is 0 Å². The summed E-state index contributed by atoms with van der Waals surface area (Å²) in [7, 11) is 0. The monoisotopic (exact) mass is 419 g/mol. The summed E-state index contributed by atoms with van der Waals surface area (Å²) < 4.78 is 68.8. The molecule has 0 amide bonds. The maximum atomic E-state index is 8.59. The smallest absolute Gasteiger partial charge is 4.00 e. The first kappa shape index (κ1) is 17.7. The Balaban J connectivity index is -0.000000107. The van der Waals surface area contributed by atoms with Crippen molar-refractivity contribution in [2.75, 3.05) is 0 Å². The van der Waals surface area contributed by atoms with Gasteiger partial charge in [-0.2, -0.15) is 0 Å². The summed E-state index contributed by atoms with van der Waals surface area (Å²) in [5, 5.41) is 0. The zero-order valence-corrected chi connectivity index (χ0v) is 9.73. The van der Waals surface area contributed by atoms with Crippen molar-refractivity contribution in [1.29, 1.82) is 0 Å². The van der Waals surface area contributed by atoms with E-state index in [2.05, 4.69) is 0 Å². The minimum absolute atomic E-state index is 0. The van der Waals surface area contributed by atoms with Crippen LogP contribution in [0.5, 0.6) is 0 Å². The van der Waals surface area contributed by atoms with Gasteiger partial charge in [0.2, 0.25) is 0 Å². The summed E-state index contributed by atoms with van der Waals surface area (Å²) in [6.45, 7) is 0. The van der Waals surface area contributed by atoms with Crippen molar-refractivity contribution in [2.24, 2.45) is 0 Å². The van der Waals surface area contributed by atoms with Crippen molar-refractivity contribution in [3.05, 3.63) is 0 Å². The van der Waals surface area contributed by atoms with Crippen molar-refractivity contribution in [2.45, 2.75) is 0 Å². The second-order valence-corrected chi connectivity index (χ2v) is 3.37. The van der Waals surface area contributed by atoms with Crippen molar-refractivity contribution < 1.29 is 79.5 Å². The molecule has 0 heterocycles. The van der Waals surface area contributed by atoms with Crippen molar-refractivity contribution in [1.82, 2.24) is 0 Å². The van der Waals surface area contributed by atoms with Crippen LogP contribution in [0.2, 0.25) is 0 Å². The summed E-state index contributed by atoms with van der Waals surface area (Å²) in [5.74, 6) is 0. The molecule has 0 bridgehead atoms. The van der Waals surface area contributed by atoms with Gasteiger partial charge in [-0.25, -0.2) is 0 Å². The van der Waals surface area contributed by atoms with Crippen LogP contribution in [0, 0.1) is 0 Å². The van der Waals surface area contributed by atoms with Crippen LogP contribution in [0.4, 0.5) is 0 Å². The van der Waals surface area contributed by atoms with Crippen molar-refractivity contribution >= 4 is 0 Å². The van der Waals surface area contributed by atoms with Gasteiger partial charge in [0, 0.05) is 0 Å². The van der Waals surface area contributed by atoms with Crippen molar-refractivity contribution in [3.63, 3.8) is 0 Å². The van der Waals surface area contributed by atoms with Crippen LogP contribution < -0.4 is 16.6 Å². The predicted octanol–water partition coefficient (Wildman–Crippen LogP) is -5.24. The summed E-state index contributed by atoms with van der Waals surface area (Å²) in [6, 6.07) is 0. The maximum Gasteiger partial charge on any atom is 4.00 e. The molecule has 0 fully saturated rings. The molecular formula is Cr2O8Re. The van der Waals surface area contributed by atoms with E-state index >= 15 is 0 Å². The van der Waals surface area contributed by atoms with Gasteiger partial charge < -0.3 is 0 Å². The normalized spacial score (nSPS) is 10.5. The number of rotatable bonds is 0. The van der Waals surface area contributed by atoms with Crippen LogP contribution in [-0.2, 0) is 62.9 Å². The van der Waals surface area contributed by atoms with Crippen LogP contribution in [0.3, 0.4) is 0 Å². The van der Waals surface area contributed by atoms with Crippen LogP contribution in [0.1, 0.15) is 0 Å². The molecule has 0 rings (SSSR count). The molecule has 0 aliphatic heterocycles. The van der Waals surface area contributed by atoms with Gasteiger partial charge in [0.1, 0.15) is 0 Å². The standard InChI is InChI=1S/2Cr.8O.Re/q;;;;;;4*-1;+4. The van der Waals surface area contributed by atoms with E-state index < -0.39 is 27.2 Å². The van der Waals surface area contributed by atoms with Crippen LogP contribution >= 0.6 is 0 Å². The van der Waals surface area contributed by atoms with Gasteiger partial charge in [0.25, 0.3) is 0 Å². The largest absolute Gasteiger partial charge is 4.00 e. The van der Waals surface area contributed by atoms with Crippen LogP contribution in [-0.4, -0.2) is 0 Å². The summed E-state index contributed by atoms with van der Waals surface area (Å²) in [4.78, 5) is 0. The second-order valence-electron chi connectivity index (χ2n) is 0.816. The average molecular weight is 418 g/mol. The Labute approximate surface area is 79.3 Å². The Kier molecular flexibility index (Phi) is 10.2. The van der Waals surface area contributed by atoms with Gasteiger partial charge >= 0.3 is 79.5 Å². The first-order valence-electron chi connectivity index (χ1n) is 1.33. The van der Waals surface area contributed by atoms with E-state index in [1.165, 1.54) is 0 Å². The molecule has 11 heteroatoms. The summed E-state index contributed by atoms with van der Waals surface area (Å²) in [5.41, 5.74) is 0. The van der Waals surface area contributed by atoms with Crippen LogP contribution in [0.15, 0.2) is 0 Å². The summed E-state index contributed by atoms with van der Waals surface area (Å²) >= 11 is -11.5. The SMILES string of the molecule is [O]=[Cr](=[O])([O-])[O-].[O]=[Cr](=[O])([O-])[O-].[Re+4]. The van der Waals surface area contributed by atoms with E-state index in [0.29, 0.717) is 0 Å². The number of hydrogen-bond donors (Lipinski definition) is 0. The van der Waals surface area contributed by atoms with Gasteiger partial charge in [-0.3, -0.25) is 0 Å². The molecule has 0 aromatic heterocycles. The topological polar surface area (TPSA) is 161 Å². The zero-order valence-electron chi connectivity index (χ0n) is 4.46. The zero-order chi connectivity index (χ0) is 9.00. The molecule has 8 nitrogen and oxygen atoms in total. The molecule has 0 aromatic carbocycles. The van der Waals surface area contributed by atoms with E-state index in [-0.39, 0.29) is 20.4 Å². The predicted molar refractivity (Wildman–Crippen MR) is 2.75 cm³/mol. The first-order valence-corrected chi connectivity index (χ1v) is 5.50. The van der Waals surface area contributed by atoms with Gasteiger partial charge in [-0.05, 0) is 0 Å². The molecule has 0 unspecified atom stereocenters. The Hall–Kier alpha value is 0.767. The van der Waals surface area contributed by atoms with E-state index in [9.17, 15) is 0 Å². The second kappa shape index (κ2) is 6.30.